The summed E-state index contributed by atoms with van der Waals surface area (Å²) < 4.78 is 5.89. The highest BCUT2D eigenvalue weighted by Gasteiger charge is 2.44. The lowest BCUT2D eigenvalue weighted by molar-refractivity contribution is 0.0381. The van der Waals surface area contributed by atoms with E-state index < -0.39 is 0 Å². The van der Waals surface area contributed by atoms with E-state index in [1.807, 2.05) is 6.20 Å². The second kappa shape index (κ2) is 7.08. The summed E-state index contributed by atoms with van der Waals surface area (Å²) in [7, 11) is 0. The summed E-state index contributed by atoms with van der Waals surface area (Å²) >= 11 is 0. The molecule has 5 fully saturated rings. The molecule has 3 aliphatic heterocycles. The molecule has 7 rings (SSSR count). The topological polar surface area (TPSA) is 80.4 Å². The Morgan fingerprint density at radius 2 is 2.03 bits per heavy atom. The van der Waals surface area contributed by atoms with Crippen LogP contribution >= 0.6 is 0 Å². The summed E-state index contributed by atoms with van der Waals surface area (Å²) in [5.74, 6) is 3.92. The van der Waals surface area contributed by atoms with Crippen molar-refractivity contribution in [1.29, 1.82) is 0 Å². The standard InChI is InChI=1S/C23H30N6O/c1-2-18-13-28(5-6-30-18)21-10-20(16-9-19(15-3-4-15)22(24)25-11-16)26-23(27-21)29-12-14-7-17(29)8-14/h9-11,14-15,17-18H,2-8,12-13H2,1H3,(H2,24,25)/t14?,17?,18-/m0/s1. The molecule has 2 saturated carbocycles. The van der Waals surface area contributed by atoms with E-state index in [0.29, 0.717) is 17.8 Å². The summed E-state index contributed by atoms with van der Waals surface area (Å²) in [6, 6.07) is 4.94. The second-order valence-corrected chi connectivity index (χ2v) is 9.37. The summed E-state index contributed by atoms with van der Waals surface area (Å²) in [6.07, 6.45) is 8.14. The molecule has 158 valence electrons. The SMILES string of the molecule is CC[C@H]1CN(c2cc(-c3cnc(N)c(C4CC4)c3)nc(N3CC4CC3C4)n2)CCO1. The van der Waals surface area contributed by atoms with Crippen molar-refractivity contribution in [2.75, 3.05) is 41.8 Å². The molecule has 2 aromatic heterocycles. The third-order valence-corrected chi connectivity index (χ3v) is 7.24. The number of hydrogen-bond donors (Lipinski definition) is 1. The number of fused-ring (bicyclic) bond motifs is 1. The van der Waals surface area contributed by atoms with Crippen LogP contribution in [-0.2, 0) is 4.74 Å². The maximum absolute atomic E-state index is 6.16. The molecule has 5 heterocycles. The molecule has 5 aliphatic rings. The third-order valence-electron chi connectivity index (χ3n) is 7.24. The third kappa shape index (κ3) is 3.20. The van der Waals surface area contributed by atoms with Crippen LogP contribution in [0.4, 0.5) is 17.6 Å². The van der Waals surface area contributed by atoms with Gasteiger partial charge in [0.05, 0.1) is 18.4 Å². The van der Waals surface area contributed by atoms with Gasteiger partial charge in [0.15, 0.2) is 0 Å². The van der Waals surface area contributed by atoms with Gasteiger partial charge in [-0.2, -0.15) is 4.98 Å². The Hall–Kier alpha value is -2.41. The van der Waals surface area contributed by atoms with E-state index in [4.69, 9.17) is 20.4 Å². The predicted octanol–water partition coefficient (Wildman–Crippen LogP) is 3.21. The fraction of sp³-hybridized carbons (Fsp3) is 0.609. The van der Waals surface area contributed by atoms with Gasteiger partial charge in [-0.15, -0.1) is 0 Å². The largest absolute Gasteiger partial charge is 0.383 e. The lowest BCUT2D eigenvalue weighted by Crippen LogP contribution is -2.43. The predicted molar refractivity (Wildman–Crippen MR) is 118 cm³/mol. The van der Waals surface area contributed by atoms with Gasteiger partial charge in [0.2, 0.25) is 5.95 Å². The van der Waals surface area contributed by atoms with E-state index in [1.165, 1.54) is 31.2 Å². The first-order valence-corrected chi connectivity index (χ1v) is 11.5. The number of anilines is 3. The molecule has 2 N–H and O–H groups in total. The quantitative estimate of drug-likeness (QED) is 0.816. The van der Waals surface area contributed by atoms with E-state index in [-0.39, 0.29) is 6.10 Å². The van der Waals surface area contributed by atoms with Crippen LogP contribution in [0.5, 0.6) is 0 Å². The molecule has 2 bridgehead atoms. The van der Waals surface area contributed by atoms with Crippen molar-refractivity contribution in [3.8, 4) is 11.3 Å². The van der Waals surface area contributed by atoms with Gasteiger partial charge in [-0.3, -0.25) is 0 Å². The van der Waals surface area contributed by atoms with Crippen molar-refractivity contribution in [1.82, 2.24) is 15.0 Å². The summed E-state index contributed by atoms with van der Waals surface area (Å²) in [5.41, 5.74) is 9.34. The van der Waals surface area contributed by atoms with E-state index in [0.717, 1.165) is 61.6 Å². The number of ether oxygens (including phenoxy) is 1. The number of aromatic nitrogens is 3. The molecule has 2 aromatic rings. The monoisotopic (exact) mass is 406 g/mol. The van der Waals surface area contributed by atoms with Crippen LogP contribution in [0.15, 0.2) is 18.3 Å². The first kappa shape index (κ1) is 18.4. The number of morpholine rings is 1. The lowest BCUT2D eigenvalue weighted by Gasteiger charge is -2.34. The fourth-order valence-electron chi connectivity index (χ4n) is 5.16. The van der Waals surface area contributed by atoms with Gasteiger partial charge in [-0.1, -0.05) is 6.92 Å². The van der Waals surface area contributed by atoms with E-state index in [2.05, 4.69) is 33.8 Å². The van der Waals surface area contributed by atoms with E-state index in [9.17, 15) is 0 Å². The van der Waals surface area contributed by atoms with Crippen molar-refractivity contribution in [3.63, 3.8) is 0 Å². The fourth-order valence-corrected chi connectivity index (χ4v) is 5.16. The highest BCUT2D eigenvalue weighted by molar-refractivity contribution is 5.67. The molecule has 0 spiro atoms. The first-order valence-electron chi connectivity index (χ1n) is 11.5. The Kier molecular flexibility index (Phi) is 4.33. The van der Waals surface area contributed by atoms with Gasteiger partial charge >= 0.3 is 0 Å². The summed E-state index contributed by atoms with van der Waals surface area (Å²) in [4.78, 5) is 19.3. The zero-order valence-electron chi connectivity index (χ0n) is 17.6. The van der Waals surface area contributed by atoms with Gasteiger partial charge in [-0.05, 0) is 55.6 Å². The summed E-state index contributed by atoms with van der Waals surface area (Å²) in [5, 5.41) is 0. The molecule has 2 aliphatic carbocycles. The highest BCUT2D eigenvalue weighted by Crippen LogP contribution is 2.44. The molecule has 7 heteroatoms. The van der Waals surface area contributed by atoms with Crippen molar-refractivity contribution in [2.24, 2.45) is 5.92 Å². The molecular weight excluding hydrogens is 376 g/mol. The minimum absolute atomic E-state index is 0.264. The molecule has 0 unspecified atom stereocenters. The van der Waals surface area contributed by atoms with Gasteiger partial charge in [0.1, 0.15) is 11.6 Å². The molecule has 0 radical (unpaired) electrons. The Morgan fingerprint density at radius 3 is 2.77 bits per heavy atom. The number of nitrogen functional groups attached to an aromatic ring is 1. The molecule has 1 atom stereocenters. The molecular formula is C23H30N6O. The Bertz CT molecular complexity index is 955. The average Bonchev–Trinajstić information content (AvgIpc) is 3.39. The Labute approximate surface area is 177 Å². The van der Waals surface area contributed by atoms with Crippen LogP contribution in [0.25, 0.3) is 11.3 Å². The Morgan fingerprint density at radius 1 is 1.17 bits per heavy atom. The zero-order chi connectivity index (χ0) is 20.2. The molecule has 3 saturated heterocycles. The van der Waals surface area contributed by atoms with Crippen LogP contribution in [-0.4, -0.2) is 53.3 Å². The van der Waals surface area contributed by atoms with Gasteiger partial charge < -0.3 is 20.3 Å². The van der Waals surface area contributed by atoms with Crippen molar-refractivity contribution < 1.29 is 4.74 Å². The van der Waals surface area contributed by atoms with Gasteiger partial charge in [0, 0.05) is 43.5 Å². The Balaban J connectivity index is 1.40. The van der Waals surface area contributed by atoms with Crippen LogP contribution < -0.4 is 15.5 Å². The lowest BCUT2D eigenvalue weighted by atomic mass is 9.86. The van der Waals surface area contributed by atoms with Crippen molar-refractivity contribution in [2.45, 2.75) is 57.1 Å². The molecule has 30 heavy (non-hydrogen) atoms. The highest BCUT2D eigenvalue weighted by atomic mass is 16.5. The minimum atomic E-state index is 0.264. The van der Waals surface area contributed by atoms with E-state index in [1.54, 1.807) is 0 Å². The molecule has 7 nitrogen and oxygen atoms in total. The molecule has 0 aromatic carbocycles. The number of pyridine rings is 1. The van der Waals surface area contributed by atoms with Crippen molar-refractivity contribution in [3.05, 3.63) is 23.9 Å². The maximum atomic E-state index is 6.16. The number of hydrogen-bond acceptors (Lipinski definition) is 7. The average molecular weight is 407 g/mol. The summed E-state index contributed by atoms with van der Waals surface area (Å²) in [6.45, 7) is 5.76. The zero-order valence-corrected chi connectivity index (χ0v) is 17.6. The van der Waals surface area contributed by atoms with Crippen molar-refractivity contribution >= 4 is 17.6 Å². The number of rotatable bonds is 5. The van der Waals surface area contributed by atoms with Gasteiger partial charge in [0.25, 0.3) is 0 Å². The second-order valence-electron chi connectivity index (χ2n) is 9.37. The number of nitrogens with two attached hydrogens (primary N) is 1. The van der Waals surface area contributed by atoms with Crippen LogP contribution in [0.1, 0.15) is 50.5 Å². The normalized spacial score (nSPS) is 28.0. The van der Waals surface area contributed by atoms with Crippen LogP contribution in [0.3, 0.4) is 0 Å². The van der Waals surface area contributed by atoms with Gasteiger partial charge in [-0.25, -0.2) is 9.97 Å². The smallest absolute Gasteiger partial charge is 0.228 e. The first-order chi connectivity index (χ1) is 14.7. The minimum Gasteiger partial charge on any atom is -0.383 e. The maximum Gasteiger partial charge on any atom is 0.228 e. The van der Waals surface area contributed by atoms with Crippen LogP contribution in [0.2, 0.25) is 0 Å². The number of nitrogens with zero attached hydrogens (tertiary/aromatic N) is 5. The molecule has 0 amide bonds. The van der Waals surface area contributed by atoms with Crippen LogP contribution in [0, 0.1) is 5.92 Å². The van der Waals surface area contributed by atoms with E-state index >= 15 is 0 Å².